The minimum absolute atomic E-state index is 0.0601. The zero-order chi connectivity index (χ0) is 19.5. The zero-order valence-corrected chi connectivity index (χ0v) is 16.8. The number of hydrogen-bond acceptors (Lipinski definition) is 4. The summed E-state index contributed by atoms with van der Waals surface area (Å²) in [4.78, 5) is 11.9. The molecule has 0 radical (unpaired) electrons. The van der Waals surface area contributed by atoms with E-state index >= 15 is 0 Å². The Balaban J connectivity index is 2.13. The first-order valence-electron chi connectivity index (χ1n) is 7.51. The minimum Gasteiger partial charge on any atom is -0.494 e. The normalized spacial score (nSPS) is 11.5. The molecule has 0 spiro atoms. The van der Waals surface area contributed by atoms with Gasteiger partial charge in [-0.05, 0) is 48.9 Å². The summed E-state index contributed by atoms with van der Waals surface area (Å²) >= 11 is 3.33. The van der Waals surface area contributed by atoms with E-state index in [2.05, 4.69) is 21.2 Å². The van der Waals surface area contributed by atoms with E-state index in [9.17, 15) is 17.6 Å². The first kappa shape index (κ1) is 20.3. The molecule has 140 valence electrons. The molecule has 0 saturated heterocycles. The number of likely N-dealkylation sites (N-methyl/N-ethyl adjacent to an activating group) is 1. The molecule has 1 N–H and O–H groups in total. The number of halogens is 2. The Bertz CT molecular complexity index is 934. The fourth-order valence-electron chi connectivity index (χ4n) is 2.23. The Morgan fingerprint density at radius 3 is 2.54 bits per heavy atom. The van der Waals surface area contributed by atoms with Gasteiger partial charge in [0.1, 0.15) is 0 Å². The van der Waals surface area contributed by atoms with E-state index in [4.69, 9.17) is 4.74 Å². The van der Waals surface area contributed by atoms with Crippen molar-refractivity contribution < 1.29 is 22.3 Å². The lowest BCUT2D eigenvalue weighted by Crippen LogP contribution is -2.35. The highest BCUT2D eigenvalue weighted by Crippen LogP contribution is 2.23. The number of anilines is 1. The molecular weight excluding hydrogens is 427 g/mol. The van der Waals surface area contributed by atoms with E-state index < -0.39 is 28.3 Å². The van der Waals surface area contributed by atoms with Crippen molar-refractivity contribution in [2.45, 2.75) is 11.8 Å². The number of amides is 1. The molecule has 0 fully saturated rings. The van der Waals surface area contributed by atoms with Gasteiger partial charge in [0, 0.05) is 17.2 Å². The monoisotopic (exact) mass is 444 g/mol. The number of nitrogens with zero attached hydrogens (tertiary/aromatic N) is 1. The lowest BCUT2D eigenvalue weighted by Gasteiger charge is -2.18. The minimum atomic E-state index is -4.02. The van der Waals surface area contributed by atoms with Crippen LogP contribution in [0.1, 0.15) is 5.56 Å². The molecule has 2 rings (SSSR count). The number of sulfonamides is 1. The lowest BCUT2D eigenvalue weighted by molar-refractivity contribution is -0.116. The van der Waals surface area contributed by atoms with Gasteiger partial charge in [-0.15, -0.1) is 0 Å². The van der Waals surface area contributed by atoms with Crippen LogP contribution < -0.4 is 10.1 Å². The summed E-state index contributed by atoms with van der Waals surface area (Å²) in [6.07, 6.45) is 0. The van der Waals surface area contributed by atoms with Crippen molar-refractivity contribution in [3.8, 4) is 5.75 Å². The maximum Gasteiger partial charge on any atom is 0.243 e. The summed E-state index contributed by atoms with van der Waals surface area (Å²) < 4.78 is 45.3. The van der Waals surface area contributed by atoms with Crippen LogP contribution in [0.15, 0.2) is 45.8 Å². The molecule has 0 aliphatic heterocycles. The summed E-state index contributed by atoms with van der Waals surface area (Å²) in [6.45, 7) is 1.41. The van der Waals surface area contributed by atoms with Gasteiger partial charge in [-0.1, -0.05) is 15.9 Å². The Labute approximate surface area is 160 Å². The van der Waals surface area contributed by atoms with Crippen LogP contribution in [-0.2, 0) is 14.8 Å². The maximum absolute atomic E-state index is 13.8. The van der Waals surface area contributed by atoms with E-state index in [0.717, 1.165) is 20.4 Å². The number of nitrogens with one attached hydrogen (secondary N) is 1. The lowest BCUT2D eigenvalue weighted by atomic mass is 10.2. The molecule has 6 nitrogen and oxygen atoms in total. The summed E-state index contributed by atoms with van der Waals surface area (Å²) in [7, 11) is -1.48. The number of benzene rings is 2. The van der Waals surface area contributed by atoms with Gasteiger partial charge in [-0.2, -0.15) is 4.31 Å². The molecule has 2 aromatic carbocycles. The first-order valence-corrected chi connectivity index (χ1v) is 9.74. The Kier molecular flexibility index (Phi) is 6.38. The van der Waals surface area contributed by atoms with Crippen molar-refractivity contribution in [2.24, 2.45) is 0 Å². The third-order valence-electron chi connectivity index (χ3n) is 3.66. The Morgan fingerprint density at radius 2 is 1.96 bits per heavy atom. The van der Waals surface area contributed by atoms with Crippen LogP contribution in [0.3, 0.4) is 0 Å². The number of ether oxygens (including phenoxy) is 1. The smallest absolute Gasteiger partial charge is 0.243 e. The number of carbonyl (C=O) groups is 1. The fraction of sp³-hybridized carbons (Fsp3) is 0.235. The average molecular weight is 445 g/mol. The van der Waals surface area contributed by atoms with E-state index in [1.54, 1.807) is 12.1 Å². The molecule has 26 heavy (non-hydrogen) atoms. The molecular formula is C17H18BrFN2O4S. The van der Waals surface area contributed by atoms with E-state index in [1.807, 2.05) is 13.0 Å². The second kappa shape index (κ2) is 8.15. The standard InChI is InChI=1S/C17H18BrFN2O4S/c1-11-8-12(18)4-6-15(11)20-17(22)10-21(2)26(23,24)13-5-7-16(25-3)14(19)9-13/h4-9H,10H2,1-3H3,(H,20,22). The third kappa shape index (κ3) is 4.60. The number of methoxy groups -OCH3 is 1. The maximum atomic E-state index is 13.8. The molecule has 0 saturated carbocycles. The third-order valence-corrected chi connectivity index (χ3v) is 5.95. The van der Waals surface area contributed by atoms with Crippen LogP contribution in [0, 0.1) is 12.7 Å². The van der Waals surface area contributed by atoms with E-state index in [0.29, 0.717) is 5.69 Å². The van der Waals surface area contributed by atoms with Crippen LogP contribution in [0.4, 0.5) is 10.1 Å². The molecule has 1 amide bonds. The van der Waals surface area contributed by atoms with E-state index in [-0.39, 0.29) is 10.6 Å². The largest absolute Gasteiger partial charge is 0.494 e. The van der Waals surface area contributed by atoms with Crippen molar-refractivity contribution >= 4 is 37.5 Å². The zero-order valence-electron chi connectivity index (χ0n) is 14.4. The van der Waals surface area contributed by atoms with Crippen LogP contribution in [0.2, 0.25) is 0 Å². The molecule has 0 atom stereocenters. The Morgan fingerprint density at radius 1 is 1.27 bits per heavy atom. The van der Waals surface area contributed by atoms with Gasteiger partial charge in [-0.25, -0.2) is 12.8 Å². The molecule has 0 aliphatic rings. The predicted octanol–water partition coefficient (Wildman–Crippen LogP) is 3.16. The second-order valence-electron chi connectivity index (χ2n) is 5.56. The fourth-order valence-corrected chi connectivity index (χ4v) is 3.85. The van der Waals surface area contributed by atoms with Crippen LogP contribution in [-0.4, -0.2) is 39.3 Å². The van der Waals surface area contributed by atoms with Gasteiger partial charge in [0.05, 0.1) is 18.6 Å². The molecule has 0 heterocycles. The summed E-state index contributed by atoms with van der Waals surface area (Å²) in [5.41, 5.74) is 1.41. The molecule has 9 heteroatoms. The first-order chi connectivity index (χ1) is 12.1. The highest BCUT2D eigenvalue weighted by Gasteiger charge is 2.24. The summed E-state index contributed by atoms with van der Waals surface area (Å²) in [5.74, 6) is -1.36. The van der Waals surface area contributed by atoms with Crippen molar-refractivity contribution in [1.29, 1.82) is 0 Å². The van der Waals surface area contributed by atoms with Gasteiger partial charge in [0.2, 0.25) is 15.9 Å². The number of hydrogen-bond donors (Lipinski definition) is 1. The summed E-state index contributed by atoms with van der Waals surface area (Å²) in [6, 6.07) is 8.62. The highest BCUT2D eigenvalue weighted by atomic mass is 79.9. The van der Waals surface area contributed by atoms with Gasteiger partial charge in [0.25, 0.3) is 0 Å². The topological polar surface area (TPSA) is 75.7 Å². The molecule has 2 aromatic rings. The molecule has 0 aromatic heterocycles. The number of aryl methyl sites for hydroxylation is 1. The van der Waals surface area contributed by atoms with Gasteiger partial charge in [0.15, 0.2) is 11.6 Å². The van der Waals surface area contributed by atoms with Crippen LogP contribution in [0.25, 0.3) is 0 Å². The van der Waals surface area contributed by atoms with Gasteiger partial charge >= 0.3 is 0 Å². The SMILES string of the molecule is COc1ccc(S(=O)(=O)N(C)CC(=O)Nc2ccc(Br)cc2C)cc1F. The molecule has 0 unspecified atom stereocenters. The quantitative estimate of drug-likeness (QED) is 0.742. The number of carbonyl (C=O) groups excluding carboxylic acids is 1. The van der Waals surface area contributed by atoms with Crippen molar-refractivity contribution in [3.63, 3.8) is 0 Å². The van der Waals surface area contributed by atoms with Crippen LogP contribution in [0.5, 0.6) is 5.75 Å². The van der Waals surface area contributed by atoms with E-state index in [1.165, 1.54) is 26.3 Å². The number of rotatable bonds is 6. The van der Waals surface area contributed by atoms with Crippen LogP contribution >= 0.6 is 15.9 Å². The Hall–Kier alpha value is -1.97. The summed E-state index contributed by atoms with van der Waals surface area (Å²) in [5, 5.41) is 2.66. The predicted molar refractivity (Wildman–Crippen MR) is 100 cm³/mol. The second-order valence-corrected chi connectivity index (χ2v) is 8.53. The van der Waals surface area contributed by atoms with Gasteiger partial charge < -0.3 is 10.1 Å². The molecule has 0 aliphatic carbocycles. The van der Waals surface area contributed by atoms with Gasteiger partial charge in [-0.3, -0.25) is 4.79 Å². The van der Waals surface area contributed by atoms with Crippen molar-refractivity contribution in [2.75, 3.05) is 26.0 Å². The van der Waals surface area contributed by atoms with Crippen molar-refractivity contribution in [1.82, 2.24) is 4.31 Å². The molecule has 0 bridgehead atoms. The van der Waals surface area contributed by atoms with Crippen molar-refractivity contribution in [3.05, 3.63) is 52.3 Å². The highest BCUT2D eigenvalue weighted by molar-refractivity contribution is 9.10. The average Bonchev–Trinajstić information content (AvgIpc) is 2.57.